The van der Waals surface area contributed by atoms with E-state index >= 15 is 0 Å². The van der Waals surface area contributed by atoms with Gasteiger partial charge >= 0.3 is 0 Å². The lowest BCUT2D eigenvalue weighted by Crippen LogP contribution is -2.17. The molecule has 0 aliphatic rings. The maximum atomic E-state index is 13.3. The third kappa shape index (κ3) is 3.95. The fourth-order valence-corrected chi connectivity index (χ4v) is 2.16. The second kappa shape index (κ2) is 7.27. The largest absolute Gasteiger partial charge is 0.497 e. The van der Waals surface area contributed by atoms with E-state index in [-0.39, 0.29) is 10.8 Å². The molecule has 2 aromatic carbocycles. The Bertz CT molecular complexity index is 574. The summed E-state index contributed by atoms with van der Waals surface area (Å²) in [5.41, 5.74) is 1.97. The zero-order valence-corrected chi connectivity index (χ0v) is 12.1. The first kappa shape index (κ1) is 14.8. The Morgan fingerprint density at radius 1 is 1.20 bits per heavy atom. The van der Waals surface area contributed by atoms with Crippen LogP contribution in [-0.4, -0.2) is 13.7 Å². The molecular weight excluding hydrogens is 277 g/mol. The molecule has 0 atom stereocenters. The number of rotatable bonds is 6. The normalized spacial score (nSPS) is 10.6. The van der Waals surface area contributed by atoms with Gasteiger partial charge in [0.05, 0.1) is 12.1 Å². The van der Waals surface area contributed by atoms with Crippen molar-refractivity contribution in [2.75, 3.05) is 13.7 Å². The quantitative estimate of drug-likeness (QED) is 0.818. The van der Waals surface area contributed by atoms with Gasteiger partial charge in [0.2, 0.25) is 0 Å². The highest BCUT2D eigenvalue weighted by Gasteiger charge is 2.04. The maximum Gasteiger partial charge on any atom is 0.142 e. The van der Waals surface area contributed by atoms with Crippen LogP contribution in [0.1, 0.15) is 11.1 Å². The third-order valence-corrected chi connectivity index (χ3v) is 3.49. The first-order chi connectivity index (χ1) is 9.70. The summed E-state index contributed by atoms with van der Waals surface area (Å²) < 4.78 is 18.4. The molecule has 0 spiro atoms. The Hall–Kier alpha value is -1.58. The lowest BCUT2D eigenvalue weighted by molar-refractivity contribution is 0.414. The second-order valence-corrected chi connectivity index (χ2v) is 4.87. The van der Waals surface area contributed by atoms with Crippen LogP contribution in [0.5, 0.6) is 5.75 Å². The van der Waals surface area contributed by atoms with Crippen LogP contribution in [-0.2, 0) is 13.0 Å². The van der Waals surface area contributed by atoms with Gasteiger partial charge in [0.25, 0.3) is 0 Å². The highest BCUT2D eigenvalue weighted by molar-refractivity contribution is 6.31. The molecule has 2 nitrogen and oxygen atoms in total. The zero-order chi connectivity index (χ0) is 14.4. The monoisotopic (exact) mass is 293 g/mol. The molecule has 0 amide bonds. The van der Waals surface area contributed by atoms with Crippen molar-refractivity contribution < 1.29 is 9.13 Å². The van der Waals surface area contributed by atoms with Crippen molar-refractivity contribution >= 4 is 11.6 Å². The summed E-state index contributed by atoms with van der Waals surface area (Å²) in [4.78, 5) is 0. The number of nitrogens with one attached hydrogen (secondary N) is 1. The predicted molar refractivity (Wildman–Crippen MR) is 79.8 cm³/mol. The Balaban J connectivity index is 1.83. The van der Waals surface area contributed by atoms with E-state index in [0.717, 1.165) is 24.3 Å². The summed E-state index contributed by atoms with van der Waals surface area (Å²) in [7, 11) is 1.66. The Kier molecular flexibility index (Phi) is 5.39. The molecule has 0 aromatic heterocycles. The van der Waals surface area contributed by atoms with Crippen LogP contribution in [0.2, 0.25) is 5.02 Å². The van der Waals surface area contributed by atoms with E-state index in [1.54, 1.807) is 13.2 Å². The number of methoxy groups -OCH3 is 1. The molecule has 0 saturated heterocycles. The van der Waals surface area contributed by atoms with Crippen LogP contribution in [0.4, 0.5) is 4.39 Å². The maximum absolute atomic E-state index is 13.3. The van der Waals surface area contributed by atoms with Crippen molar-refractivity contribution in [3.63, 3.8) is 0 Å². The molecule has 106 valence electrons. The Labute approximate surface area is 123 Å². The molecular formula is C16H17ClFNO. The standard InChI is InChI=1S/C16H17ClFNO/c1-20-14-6-2-4-12(10-14)8-9-19-11-13-5-3-7-15(18)16(13)17/h2-7,10,19H,8-9,11H2,1H3. The van der Waals surface area contributed by atoms with Gasteiger partial charge < -0.3 is 10.1 Å². The second-order valence-electron chi connectivity index (χ2n) is 4.49. The summed E-state index contributed by atoms with van der Waals surface area (Å²) >= 11 is 5.90. The molecule has 0 unspecified atom stereocenters. The van der Waals surface area contributed by atoms with Crippen LogP contribution in [0.15, 0.2) is 42.5 Å². The number of benzene rings is 2. The summed E-state index contributed by atoms with van der Waals surface area (Å²) in [6.45, 7) is 1.35. The van der Waals surface area contributed by atoms with Crippen molar-refractivity contribution in [2.24, 2.45) is 0 Å². The van der Waals surface area contributed by atoms with E-state index < -0.39 is 0 Å². The van der Waals surface area contributed by atoms with E-state index in [0.29, 0.717) is 6.54 Å². The topological polar surface area (TPSA) is 21.3 Å². The van der Waals surface area contributed by atoms with E-state index in [4.69, 9.17) is 16.3 Å². The first-order valence-corrected chi connectivity index (χ1v) is 6.85. The number of hydrogen-bond acceptors (Lipinski definition) is 2. The van der Waals surface area contributed by atoms with Crippen molar-refractivity contribution in [3.05, 3.63) is 64.4 Å². The van der Waals surface area contributed by atoms with Gasteiger partial charge in [-0.2, -0.15) is 0 Å². The van der Waals surface area contributed by atoms with Crippen LogP contribution < -0.4 is 10.1 Å². The lowest BCUT2D eigenvalue weighted by atomic mass is 10.1. The van der Waals surface area contributed by atoms with Gasteiger partial charge in [0.1, 0.15) is 11.6 Å². The highest BCUT2D eigenvalue weighted by atomic mass is 35.5. The van der Waals surface area contributed by atoms with E-state index in [1.807, 2.05) is 24.3 Å². The third-order valence-electron chi connectivity index (χ3n) is 3.07. The average molecular weight is 294 g/mol. The summed E-state index contributed by atoms with van der Waals surface area (Å²) in [6.07, 6.45) is 0.879. The van der Waals surface area contributed by atoms with Gasteiger partial charge in [-0.15, -0.1) is 0 Å². The van der Waals surface area contributed by atoms with Crippen molar-refractivity contribution in [3.8, 4) is 5.75 Å². The number of hydrogen-bond donors (Lipinski definition) is 1. The summed E-state index contributed by atoms with van der Waals surface area (Å²) in [6, 6.07) is 12.8. The van der Waals surface area contributed by atoms with Gasteiger partial charge in [0, 0.05) is 6.54 Å². The SMILES string of the molecule is COc1cccc(CCNCc2cccc(F)c2Cl)c1. The molecule has 2 rings (SSSR count). The molecule has 0 saturated carbocycles. The van der Waals surface area contributed by atoms with Gasteiger partial charge in [0.15, 0.2) is 0 Å². The van der Waals surface area contributed by atoms with Crippen LogP contribution in [0.3, 0.4) is 0 Å². The van der Waals surface area contributed by atoms with Gasteiger partial charge in [-0.1, -0.05) is 35.9 Å². The summed E-state index contributed by atoms with van der Waals surface area (Å²) in [5.74, 6) is 0.481. The Morgan fingerprint density at radius 2 is 2.00 bits per heavy atom. The molecule has 4 heteroatoms. The summed E-state index contributed by atoms with van der Waals surface area (Å²) in [5, 5.41) is 3.46. The molecule has 0 fully saturated rings. The lowest BCUT2D eigenvalue weighted by Gasteiger charge is -2.08. The number of ether oxygens (including phenoxy) is 1. The number of halogens is 2. The fraction of sp³-hybridized carbons (Fsp3) is 0.250. The van der Waals surface area contributed by atoms with Crippen LogP contribution in [0, 0.1) is 5.82 Å². The van der Waals surface area contributed by atoms with Crippen molar-refractivity contribution in [1.29, 1.82) is 0 Å². The minimum absolute atomic E-state index is 0.196. The molecule has 0 aliphatic carbocycles. The minimum atomic E-state index is -0.376. The molecule has 2 aromatic rings. The van der Waals surface area contributed by atoms with Crippen molar-refractivity contribution in [1.82, 2.24) is 5.32 Å². The van der Waals surface area contributed by atoms with Crippen LogP contribution in [0.25, 0.3) is 0 Å². The predicted octanol–water partition coefficient (Wildman–Crippen LogP) is 3.82. The molecule has 1 N–H and O–H groups in total. The van der Waals surface area contributed by atoms with Crippen LogP contribution >= 0.6 is 11.6 Å². The smallest absolute Gasteiger partial charge is 0.142 e. The van der Waals surface area contributed by atoms with Gasteiger partial charge in [-0.3, -0.25) is 0 Å². The molecule has 0 radical (unpaired) electrons. The van der Waals surface area contributed by atoms with Crippen molar-refractivity contribution in [2.45, 2.75) is 13.0 Å². The molecule has 0 bridgehead atoms. The Morgan fingerprint density at radius 3 is 2.80 bits per heavy atom. The first-order valence-electron chi connectivity index (χ1n) is 6.47. The van der Waals surface area contributed by atoms with Gasteiger partial charge in [-0.25, -0.2) is 4.39 Å². The van der Waals surface area contributed by atoms with E-state index in [2.05, 4.69) is 11.4 Å². The average Bonchev–Trinajstić information content (AvgIpc) is 2.48. The minimum Gasteiger partial charge on any atom is -0.497 e. The highest BCUT2D eigenvalue weighted by Crippen LogP contribution is 2.19. The van der Waals surface area contributed by atoms with E-state index in [9.17, 15) is 4.39 Å². The van der Waals surface area contributed by atoms with E-state index in [1.165, 1.54) is 11.6 Å². The molecule has 0 heterocycles. The van der Waals surface area contributed by atoms with Gasteiger partial charge in [-0.05, 0) is 42.3 Å². The molecule has 20 heavy (non-hydrogen) atoms. The zero-order valence-electron chi connectivity index (χ0n) is 11.3. The molecule has 0 aliphatic heterocycles. The fourth-order valence-electron chi connectivity index (χ4n) is 1.97.